The Balaban J connectivity index is 0.00000576. The zero-order chi connectivity index (χ0) is 17.8. The number of rotatable bonds is 9. The number of methoxy groups -OCH3 is 1. The average molecular weight is 462 g/mol. The third-order valence-electron chi connectivity index (χ3n) is 3.62. The van der Waals surface area contributed by atoms with Crippen molar-refractivity contribution in [2.45, 2.75) is 33.7 Å². The largest absolute Gasteiger partial charge is 0.383 e. The van der Waals surface area contributed by atoms with Crippen LogP contribution in [0, 0.1) is 5.92 Å². The van der Waals surface area contributed by atoms with E-state index in [9.17, 15) is 4.79 Å². The molecule has 0 saturated heterocycles. The molecular formula is C18H31IN4O2. The highest BCUT2D eigenvalue weighted by atomic mass is 127. The third kappa shape index (κ3) is 9.64. The maximum Gasteiger partial charge on any atom is 0.227 e. The van der Waals surface area contributed by atoms with Crippen LogP contribution in [0.25, 0.3) is 0 Å². The van der Waals surface area contributed by atoms with E-state index in [0.717, 1.165) is 30.2 Å². The number of ether oxygens (including phenoxy) is 1. The molecule has 3 N–H and O–H groups in total. The summed E-state index contributed by atoms with van der Waals surface area (Å²) < 4.78 is 5.03. The van der Waals surface area contributed by atoms with Gasteiger partial charge in [-0.05, 0) is 31.0 Å². The molecule has 6 nitrogen and oxygen atoms in total. The molecule has 1 unspecified atom stereocenters. The summed E-state index contributed by atoms with van der Waals surface area (Å²) in [5, 5.41) is 9.35. The number of hydrogen-bond donors (Lipinski definition) is 3. The Morgan fingerprint density at radius 1 is 1.28 bits per heavy atom. The number of carbonyl (C=O) groups is 1. The van der Waals surface area contributed by atoms with Crippen LogP contribution in [-0.2, 0) is 16.1 Å². The van der Waals surface area contributed by atoms with Crippen molar-refractivity contribution in [1.82, 2.24) is 10.6 Å². The standard InChI is InChI=1S/C18H30N4O2.HI/c1-5-14(3)17(23)22-16-9-7-8-15(12-16)13-21-18(19-6-2)20-10-11-24-4;/h7-9,12,14H,5-6,10-11,13H2,1-4H3,(H,22,23)(H2,19,20,21);1H. The molecule has 1 atom stereocenters. The van der Waals surface area contributed by atoms with Gasteiger partial charge in [-0.1, -0.05) is 26.0 Å². The lowest BCUT2D eigenvalue weighted by atomic mass is 10.1. The summed E-state index contributed by atoms with van der Waals surface area (Å²) in [6.07, 6.45) is 0.828. The SMILES string of the molecule is CCNC(=NCc1cccc(NC(=O)C(C)CC)c1)NCCOC.I. The van der Waals surface area contributed by atoms with Crippen molar-refractivity contribution in [3.8, 4) is 0 Å². The number of guanidine groups is 1. The third-order valence-corrected chi connectivity index (χ3v) is 3.62. The number of aliphatic imine (C=N–C) groups is 1. The summed E-state index contributed by atoms with van der Waals surface area (Å²) in [4.78, 5) is 16.5. The van der Waals surface area contributed by atoms with Crippen molar-refractivity contribution < 1.29 is 9.53 Å². The molecule has 1 rings (SSSR count). The van der Waals surface area contributed by atoms with Crippen molar-refractivity contribution in [2.24, 2.45) is 10.9 Å². The minimum Gasteiger partial charge on any atom is -0.383 e. The fourth-order valence-corrected chi connectivity index (χ4v) is 1.98. The topological polar surface area (TPSA) is 74.8 Å². The van der Waals surface area contributed by atoms with Crippen molar-refractivity contribution in [2.75, 3.05) is 32.1 Å². The summed E-state index contributed by atoms with van der Waals surface area (Å²) in [5.41, 5.74) is 1.85. The van der Waals surface area contributed by atoms with Gasteiger partial charge >= 0.3 is 0 Å². The van der Waals surface area contributed by atoms with Crippen LogP contribution in [0.1, 0.15) is 32.8 Å². The van der Waals surface area contributed by atoms with Crippen LogP contribution in [0.2, 0.25) is 0 Å². The van der Waals surface area contributed by atoms with E-state index < -0.39 is 0 Å². The summed E-state index contributed by atoms with van der Waals surface area (Å²) in [5.74, 6) is 0.813. The van der Waals surface area contributed by atoms with E-state index in [-0.39, 0.29) is 35.8 Å². The van der Waals surface area contributed by atoms with Crippen LogP contribution in [0.3, 0.4) is 0 Å². The van der Waals surface area contributed by atoms with Crippen LogP contribution >= 0.6 is 24.0 Å². The molecule has 25 heavy (non-hydrogen) atoms. The Labute approximate surface area is 168 Å². The summed E-state index contributed by atoms with van der Waals surface area (Å²) in [7, 11) is 1.67. The van der Waals surface area contributed by atoms with Crippen molar-refractivity contribution in [1.29, 1.82) is 0 Å². The zero-order valence-corrected chi connectivity index (χ0v) is 17.9. The molecule has 7 heteroatoms. The lowest BCUT2D eigenvalue weighted by Crippen LogP contribution is -2.38. The minimum absolute atomic E-state index is 0. The fraction of sp³-hybridized carbons (Fsp3) is 0.556. The van der Waals surface area contributed by atoms with E-state index in [2.05, 4.69) is 20.9 Å². The number of carbonyl (C=O) groups excluding carboxylic acids is 1. The lowest BCUT2D eigenvalue weighted by Gasteiger charge is -2.12. The molecule has 0 aliphatic carbocycles. The summed E-state index contributed by atoms with van der Waals surface area (Å²) in [6.45, 7) is 8.62. The molecule has 0 heterocycles. The number of amides is 1. The highest BCUT2D eigenvalue weighted by Crippen LogP contribution is 2.13. The molecule has 0 radical (unpaired) electrons. The maximum atomic E-state index is 12.0. The van der Waals surface area contributed by atoms with Crippen LogP contribution in [0.15, 0.2) is 29.3 Å². The van der Waals surface area contributed by atoms with Gasteiger partial charge in [0.2, 0.25) is 5.91 Å². The molecule has 0 bridgehead atoms. The van der Waals surface area contributed by atoms with Gasteiger partial charge in [0.15, 0.2) is 5.96 Å². The van der Waals surface area contributed by atoms with E-state index in [0.29, 0.717) is 19.7 Å². The van der Waals surface area contributed by atoms with Gasteiger partial charge < -0.3 is 20.7 Å². The van der Waals surface area contributed by atoms with Gasteiger partial charge in [0.1, 0.15) is 0 Å². The van der Waals surface area contributed by atoms with Gasteiger partial charge in [-0.25, -0.2) is 4.99 Å². The number of nitrogens with one attached hydrogen (secondary N) is 3. The number of benzene rings is 1. The molecule has 0 aliphatic rings. The van der Waals surface area contributed by atoms with E-state index in [1.54, 1.807) is 7.11 Å². The van der Waals surface area contributed by atoms with E-state index >= 15 is 0 Å². The molecular weight excluding hydrogens is 431 g/mol. The van der Waals surface area contributed by atoms with Gasteiger partial charge in [-0.3, -0.25) is 4.79 Å². The first kappa shape index (κ1) is 23.6. The highest BCUT2D eigenvalue weighted by Gasteiger charge is 2.10. The predicted octanol–water partition coefficient (Wildman–Crippen LogP) is 2.99. The Morgan fingerprint density at radius 3 is 2.68 bits per heavy atom. The van der Waals surface area contributed by atoms with Gasteiger partial charge in [-0.15, -0.1) is 24.0 Å². The zero-order valence-electron chi connectivity index (χ0n) is 15.6. The van der Waals surface area contributed by atoms with E-state index in [4.69, 9.17) is 4.74 Å². The van der Waals surface area contributed by atoms with Crippen molar-refractivity contribution >= 4 is 41.5 Å². The molecule has 0 fully saturated rings. The van der Waals surface area contributed by atoms with Crippen molar-refractivity contribution in [3.63, 3.8) is 0 Å². The predicted molar refractivity (Wildman–Crippen MR) is 115 cm³/mol. The van der Waals surface area contributed by atoms with Gasteiger partial charge in [-0.2, -0.15) is 0 Å². The lowest BCUT2D eigenvalue weighted by molar-refractivity contribution is -0.119. The van der Waals surface area contributed by atoms with Gasteiger partial charge in [0.05, 0.1) is 13.2 Å². The Bertz CT molecular complexity index is 538. The van der Waals surface area contributed by atoms with Crippen LogP contribution < -0.4 is 16.0 Å². The highest BCUT2D eigenvalue weighted by molar-refractivity contribution is 14.0. The Hall–Kier alpha value is -1.35. The van der Waals surface area contributed by atoms with Gasteiger partial charge in [0, 0.05) is 31.8 Å². The molecule has 0 spiro atoms. The van der Waals surface area contributed by atoms with Crippen LogP contribution in [0.4, 0.5) is 5.69 Å². The Morgan fingerprint density at radius 2 is 2.04 bits per heavy atom. The monoisotopic (exact) mass is 462 g/mol. The maximum absolute atomic E-state index is 12.0. The molecule has 1 aromatic rings. The number of anilines is 1. The molecule has 0 saturated carbocycles. The second-order valence-corrected chi connectivity index (χ2v) is 5.61. The quantitative estimate of drug-likeness (QED) is 0.228. The first-order chi connectivity index (χ1) is 11.6. The second kappa shape index (κ2) is 13.9. The molecule has 0 aliphatic heterocycles. The van der Waals surface area contributed by atoms with E-state index in [1.807, 2.05) is 45.0 Å². The van der Waals surface area contributed by atoms with Gasteiger partial charge in [0.25, 0.3) is 0 Å². The summed E-state index contributed by atoms with van der Waals surface area (Å²) >= 11 is 0. The second-order valence-electron chi connectivity index (χ2n) is 5.61. The number of halogens is 1. The molecule has 1 aromatic carbocycles. The Kier molecular flexibility index (Phi) is 13.1. The first-order valence-electron chi connectivity index (χ1n) is 8.51. The van der Waals surface area contributed by atoms with Crippen LogP contribution in [-0.4, -0.2) is 38.7 Å². The molecule has 0 aromatic heterocycles. The minimum atomic E-state index is 0. The number of nitrogens with zero attached hydrogens (tertiary/aromatic N) is 1. The van der Waals surface area contributed by atoms with Crippen molar-refractivity contribution in [3.05, 3.63) is 29.8 Å². The first-order valence-corrected chi connectivity index (χ1v) is 8.51. The smallest absolute Gasteiger partial charge is 0.227 e. The number of hydrogen-bond acceptors (Lipinski definition) is 3. The molecule has 142 valence electrons. The average Bonchev–Trinajstić information content (AvgIpc) is 2.59. The fourth-order valence-electron chi connectivity index (χ4n) is 1.98. The summed E-state index contributed by atoms with van der Waals surface area (Å²) in [6, 6.07) is 7.79. The van der Waals surface area contributed by atoms with E-state index in [1.165, 1.54) is 0 Å². The normalized spacial score (nSPS) is 12.1. The van der Waals surface area contributed by atoms with Crippen LogP contribution in [0.5, 0.6) is 0 Å². The molecule has 1 amide bonds.